The molecule has 19 heavy (non-hydrogen) atoms. The second-order valence-electron chi connectivity index (χ2n) is 6.92. The maximum Gasteiger partial charge on any atom is 0.239 e. The number of ether oxygens (including phenoxy) is 1. The number of carbonyl (C=O) groups is 1. The van der Waals surface area contributed by atoms with E-state index >= 15 is 0 Å². The summed E-state index contributed by atoms with van der Waals surface area (Å²) in [5, 5.41) is 3.51. The average Bonchev–Trinajstić information content (AvgIpc) is 3.14. The van der Waals surface area contributed by atoms with E-state index in [-0.39, 0.29) is 11.6 Å². The van der Waals surface area contributed by atoms with Crippen LogP contribution in [0.5, 0.6) is 0 Å². The van der Waals surface area contributed by atoms with E-state index in [2.05, 4.69) is 24.1 Å². The SMILES string of the molecule is CC1(C)CC(N2CCCC(NC3CC3)C2=O)CCO1. The van der Waals surface area contributed by atoms with E-state index in [1.165, 1.54) is 12.8 Å². The smallest absolute Gasteiger partial charge is 0.239 e. The molecule has 3 rings (SSSR count). The van der Waals surface area contributed by atoms with Gasteiger partial charge in [-0.25, -0.2) is 0 Å². The first kappa shape index (κ1) is 13.4. The predicted octanol–water partition coefficient (Wildman–Crippen LogP) is 1.69. The Morgan fingerprint density at radius 3 is 2.74 bits per heavy atom. The minimum absolute atomic E-state index is 0.0761. The predicted molar refractivity (Wildman–Crippen MR) is 73.9 cm³/mol. The molecule has 2 saturated heterocycles. The Bertz CT molecular complexity index is 352. The van der Waals surface area contributed by atoms with Crippen molar-refractivity contribution in [3.63, 3.8) is 0 Å². The number of amides is 1. The molecule has 1 amide bonds. The van der Waals surface area contributed by atoms with Crippen LogP contribution in [0.25, 0.3) is 0 Å². The summed E-state index contributed by atoms with van der Waals surface area (Å²) in [6.07, 6.45) is 6.59. The van der Waals surface area contributed by atoms with Gasteiger partial charge in [-0.1, -0.05) is 0 Å². The molecule has 2 aliphatic heterocycles. The molecule has 1 N–H and O–H groups in total. The average molecular weight is 266 g/mol. The molecule has 2 atom stereocenters. The quantitative estimate of drug-likeness (QED) is 0.845. The second kappa shape index (κ2) is 5.06. The molecule has 0 spiro atoms. The summed E-state index contributed by atoms with van der Waals surface area (Å²) < 4.78 is 5.77. The monoisotopic (exact) mass is 266 g/mol. The summed E-state index contributed by atoms with van der Waals surface area (Å²) in [5.41, 5.74) is -0.0833. The molecule has 0 aromatic heterocycles. The molecule has 0 radical (unpaired) electrons. The van der Waals surface area contributed by atoms with Crippen molar-refractivity contribution in [2.45, 2.75) is 76.1 Å². The van der Waals surface area contributed by atoms with Crippen LogP contribution in [0.3, 0.4) is 0 Å². The Kier molecular flexibility index (Phi) is 3.56. The van der Waals surface area contributed by atoms with Gasteiger partial charge in [0.25, 0.3) is 0 Å². The summed E-state index contributed by atoms with van der Waals surface area (Å²) in [5.74, 6) is 0.334. The van der Waals surface area contributed by atoms with Crippen molar-refractivity contribution in [2.24, 2.45) is 0 Å². The van der Waals surface area contributed by atoms with Gasteiger partial charge < -0.3 is 15.0 Å². The van der Waals surface area contributed by atoms with Gasteiger partial charge in [0, 0.05) is 25.2 Å². The van der Waals surface area contributed by atoms with Gasteiger partial charge in [-0.2, -0.15) is 0 Å². The summed E-state index contributed by atoms with van der Waals surface area (Å²) in [6, 6.07) is 1.06. The van der Waals surface area contributed by atoms with Gasteiger partial charge in [0.05, 0.1) is 11.6 Å². The van der Waals surface area contributed by atoms with E-state index in [0.29, 0.717) is 18.0 Å². The Hall–Kier alpha value is -0.610. The lowest BCUT2D eigenvalue weighted by Crippen LogP contribution is -2.57. The minimum Gasteiger partial charge on any atom is -0.375 e. The highest BCUT2D eigenvalue weighted by Crippen LogP contribution is 2.30. The van der Waals surface area contributed by atoms with Gasteiger partial charge in [0.15, 0.2) is 0 Å². The number of piperidine rings is 1. The first-order chi connectivity index (χ1) is 9.05. The van der Waals surface area contributed by atoms with Gasteiger partial charge in [-0.05, 0) is 52.4 Å². The Morgan fingerprint density at radius 2 is 2.05 bits per heavy atom. The lowest BCUT2D eigenvalue weighted by Gasteiger charge is -2.44. The highest BCUT2D eigenvalue weighted by molar-refractivity contribution is 5.83. The number of hydrogen-bond donors (Lipinski definition) is 1. The minimum atomic E-state index is -0.0833. The molecule has 3 fully saturated rings. The van der Waals surface area contributed by atoms with Crippen molar-refractivity contribution < 1.29 is 9.53 Å². The third-order valence-electron chi connectivity index (χ3n) is 4.60. The van der Waals surface area contributed by atoms with E-state index < -0.39 is 0 Å². The third-order valence-corrected chi connectivity index (χ3v) is 4.60. The van der Waals surface area contributed by atoms with Crippen LogP contribution in [0.1, 0.15) is 52.4 Å². The van der Waals surface area contributed by atoms with Crippen molar-refractivity contribution >= 4 is 5.91 Å². The van der Waals surface area contributed by atoms with E-state index in [9.17, 15) is 4.79 Å². The zero-order valence-electron chi connectivity index (χ0n) is 12.2. The Morgan fingerprint density at radius 1 is 1.26 bits per heavy atom. The molecule has 2 heterocycles. The van der Waals surface area contributed by atoms with Crippen molar-refractivity contribution in [1.29, 1.82) is 0 Å². The number of rotatable bonds is 3. The number of likely N-dealkylation sites (tertiary alicyclic amines) is 1. The zero-order valence-corrected chi connectivity index (χ0v) is 12.2. The number of nitrogens with zero attached hydrogens (tertiary/aromatic N) is 1. The van der Waals surface area contributed by atoms with Crippen LogP contribution in [0, 0.1) is 0 Å². The highest BCUT2D eigenvalue weighted by Gasteiger charge is 2.39. The number of carbonyl (C=O) groups excluding carboxylic acids is 1. The second-order valence-corrected chi connectivity index (χ2v) is 6.92. The molecule has 108 valence electrons. The van der Waals surface area contributed by atoms with Crippen LogP contribution >= 0.6 is 0 Å². The fraction of sp³-hybridized carbons (Fsp3) is 0.933. The van der Waals surface area contributed by atoms with E-state index in [4.69, 9.17) is 4.74 Å². The van der Waals surface area contributed by atoms with Crippen molar-refractivity contribution in [1.82, 2.24) is 10.2 Å². The fourth-order valence-corrected chi connectivity index (χ4v) is 3.42. The molecule has 1 aliphatic carbocycles. The van der Waals surface area contributed by atoms with Gasteiger partial charge >= 0.3 is 0 Å². The molecule has 1 saturated carbocycles. The molecule has 4 nitrogen and oxygen atoms in total. The van der Waals surface area contributed by atoms with Gasteiger partial charge in [-0.3, -0.25) is 4.79 Å². The lowest BCUT2D eigenvalue weighted by atomic mass is 9.90. The maximum absolute atomic E-state index is 12.6. The largest absolute Gasteiger partial charge is 0.375 e. The molecular formula is C15H26N2O2. The van der Waals surface area contributed by atoms with Crippen LogP contribution in [-0.2, 0) is 9.53 Å². The normalized spacial score (nSPS) is 35.5. The highest BCUT2D eigenvalue weighted by atomic mass is 16.5. The third kappa shape index (κ3) is 3.11. The maximum atomic E-state index is 12.6. The van der Waals surface area contributed by atoms with E-state index in [1.54, 1.807) is 0 Å². The summed E-state index contributed by atoms with van der Waals surface area (Å²) in [4.78, 5) is 14.8. The molecule has 3 aliphatic rings. The molecular weight excluding hydrogens is 240 g/mol. The van der Waals surface area contributed by atoms with E-state index in [1.807, 2.05) is 0 Å². The first-order valence-electron chi connectivity index (χ1n) is 7.76. The topological polar surface area (TPSA) is 41.6 Å². The van der Waals surface area contributed by atoms with Gasteiger partial charge in [0.2, 0.25) is 5.91 Å². The summed E-state index contributed by atoms with van der Waals surface area (Å²) in [6.45, 7) is 5.98. The Labute approximate surface area is 115 Å². The van der Waals surface area contributed by atoms with Gasteiger partial charge in [-0.15, -0.1) is 0 Å². The van der Waals surface area contributed by atoms with Crippen molar-refractivity contribution in [2.75, 3.05) is 13.2 Å². The van der Waals surface area contributed by atoms with Crippen LogP contribution in [0.15, 0.2) is 0 Å². The van der Waals surface area contributed by atoms with Crippen molar-refractivity contribution in [3.05, 3.63) is 0 Å². The van der Waals surface area contributed by atoms with Gasteiger partial charge in [0.1, 0.15) is 0 Å². The van der Waals surface area contributed by atoms with E-state index in [0.717, 1.165) is 38.8 Å². The molecule has 2 unspecified atom stereocenters. The standard InChI is InChI=1S/C15H26N2O2/c1-15(2)10-12(7-9-19-15)17-8-3-4-13(14(17)18)16-11-5-6-11/h11-13,16H,3-10H2,1-2H3. The van der Waals surface area contributed by atoms with Crippen LogP contribution in [-0.4, -0.2) is 47.7 Å². The van der Waals surface area contributed by atoms with Crippen molar-refractivity contribution in [3.8, 4) is 0 Å². The molecule has 0 bridgehead atoms. The summed E-state index contributed by atoms with van der Waals surface area (Å²) >= 11 is 0. The first-order valence-corrected chi connectivity index (χ1v) is 7.76. The zero-order chi connectivity index (χ0) is 13.5. The lowest BCUT2D eigenvalue weighted by molar-refractivity contribution is -0.145. The number of hydrogen-bond acceptors (Lipinski definition) is 3. The van der Waals surface area contributed by atoms with Crippen LogP contribution in [0.4, 0.5) is 0 Å². The van der Waals surface area contributed by atoms with Crippen LogP contribution < -0.4 is 5.32 Å². The van der Waals surface area contributed by atoms with Crippen LogP contribution in [0.2, 0.25) is 0 Å². The Balaban J connectivity index is 1.63. The molecule has 4 heteroatoms. The number of nitrogens with one attached hydrogen (secondary N) is 1. The summed E-state index contributed by atoms with van der Waals surface area (Å²) in [7, 11) is 0. The molecule has 0 aromatic rings. The molecule has 0 aromatic carbocycles. The fourth-order valence-electron chi connectivity index (χ4n) is 3.42.